The Morgan fingerprint density at radius 2 is 2.29 bits per heavy atom. The standard InChI is InChI=1S/C9H8ClFO2S/c10-6-1-2-7(11)8(5-6)14-4-3-9(12)13/h1-2,5H,3-4H2,(H,12,13). The van der Waals surface area contributed by atoms with Gasteiger partial charge in [0.2, 0.25) is 0 Å². The lowest BCUT2D eigenvalue weighted by molar-refractivity contribution is -0.136. The average Bonchev–Trinajstić information content (AvgIpc) is 2.10. The zero-order valence-electron chi connectivity index (χ0n) is 7.17. The number of carbonyl (C=O) groups is 1. The van der Waals surface area contributed by atoms with E-state index in [2.05, 4.69) is 0 Å². The van der Waals surface area contributed by atoms with Crippen molar-refractivity contribution in [3.05, 3.63) is 29.0 Å². The van der Waals surface area contributed by atoms with Gasteiger partial charge in [0.1, 0.15) is 5.82 Å². The van der Waals surface area contributed by atoms with Gasteiger partial charge in [0.05, 0.1) is 6.42 Å². The zero-order chi connectivity index (χ0) is 10.6. The molecule has 0 radical (unpaired) electrons. The van der Waals surface area contributed by atoms with Crippen LogP contribution in [0.1, 0.15) is 6.42 Å². The molecule has 0 saturated carbocycles. The first kappa shape index (κ1) is 11.3. The molecule has 0 spiro atoms. The molecule has 0 heterocycles. The van der Waals surface area contributed by atoms with Gasteiger partial charge < -0.3 is 5.11 Å². The molecule has 5 heteroatoms. The van der Waals surface area contributed by atoms with Crippen molar-refractivity contribution < 1.29 is 14.3 Å². The van der Waals surface area contributed by atoms with Crippen LogP contribution in [-0.2, 0) is 4.79 Å². The summed E-state index contributed by atoms with van der Waals surface area (Å²) < 4.78 is 13.1. The van der Waals surface area contributed by atoms with Gasteiger partial charge in [0.15, 0.2) is 0 Å². The number of rotatable bonds is 4. The fourth-order valence-corrected chi connectivity index (χ4v) is 1.99. The molecule has 14 heavy (non-hydrogen) atoms. The van der Waals surface area contributed by atoms with Crippen LogP contribution in [0.25, 0.3) is 0 Å². The summed E-state index contributed by atoms with van der Waals surface area (Å²) in [4.78, 5) is 10.6. The second-order valence-electron chi connectivity index (χ2n) is 2.57. The highest BCUT2D eigenvalue weighted by Gasteiger charge is 2.04. The quantitative estimate of drug-likeness (QED) is 0.814. The van der Waals surface area contributed by atoms with E-state index in [0.717, 1.165) is 11.8 Å². The fourth-order valence-electron chi connectivity index (χ4n) is 0.836. The van der Waals surface area contributed by atoms with Gasteiger partial charge in [-0.2, -0.15) is 0 Å². The third-order valence-corrected chi connectivity index (χ3v) is 2.73. The van der Waals surface area contributed by atoms with Crippen LogP contribution in [0, 0.1) is 5.82 Å². The largest absolute Gasteiger partial charge is 0.481 e. The highest BCUT2D eigenvalue weighted by molar-refractivity contribution is 7.99. The van der Waals surface area contributed by atoms with Crippen molar-refractivity contribution in [2.45, 2.75) is 11.3 Å². The number of aliphatic carboxylic acids is 1. The minimum Gasteiger partial charge on any atom is -0.481 e. The van der Waals surface area contributed by atoms with Crippen LogP contribution in [0.2, 0.25) is 5.02 Å². The number of benzene rings is 1. The molecule has 1 aromatic rings. The minimum absolute atomic E-state index is 0.0105. The number of hydrogen-bond acceptors (Lipinski definition) is 2. The smallest absolute Gasteiger partial charge is 0.304 e. The Hall–Kier alpha value is -0.740. The van der Waals surface area contributed by atoms with Crippen LogP contribution >= 0.6 is 23.4 Å². The van der Waals surface area contributed by atoms with Gasteiger partial charge in [-0.25, -0.2) is 4.39 Å². The Morgan fingerprint density at radius 3 is 2.93 bits per heavy atom. The Labute approximate surface area is 90.1 Å². The molecule has 0 unspecified atom stereocenters. The summed E-state index contributed by atoms with van der Waals surface area (Å²) in [6, 6.07) is 4.22. The first-order valence-corrected chi connectivity index (χ1v) is 5.25. The maximum absolute atomic E-state index is 13.1. The van der Waals surface area contributed by atoms with Gasteiger partial charge >= 0.3 is 5.97 Å². The van der Waals surface area contributed by atoms with E-state index in [4.69, 9.17) is 16.7 Å². The van der Waals surface area contributed by atoms with Crippen molar-refractivity contribution in [3.63, 3.8) is 0 Å². The van der Waals surface area contributed by atoms with Gasteiger partial charge in [-0.15, -0.1) is 11.8 Å². The minimum atomic E-state index is -0.889. The number of halogens is 2. The van der Waals surface area contributed by atoms with Crippen molar-refractivity contribution in [1.29, 1.82) is 0 Å². The maximum Gasteiger partial charge on any atom is 0.304 e. The van der Waals surface area contributed by atoms with Gasteiger partial charge in [0, 0.05) is 15.7 Å². The molecule has 1 N–H and O–H groups in total. The molecule has 0 aliphatic heterocycles. The molecule has 1 rings (SSSR count). The first-order chi connectivity index (χ1) is 6.59. The van der Waals surface area contributed by atoms with E-state index in [1.807, 2.05) is 0 Å². The third kappa shape index (κ3) is 3.55. The molecule has 0 aliphatic rings. The summed E-state index contributed by atoms with van der Waals surface area (Å²) in [7, 11) is 0. The van der Waals surface area contributed by atoms with Gasteiger partial charge in [-0.3, -0.25) is 4.79 Å². The highest BCUT2D eigenvalue weighted by atomic mass is 35.5. The van der Waals surface area contributed by atoms with Crippen LogP contribution in [-0.4, -0.2) is 16.8 Å². The Balaban J connectivity index is 2.57. The topological polar surface area (TPSA) is 37.3 Å². The summed E-state index contributed by atoms with van der Waals surface area (Å²) in [6.07, 6.45) is 0.0105. The molecule has 0 aromatic heterocycles. The molecular formula is C9H8ClFO2S. The zero-order valence-corrected chi connectivity index (χ0v) is 8.74. The van der Waals surface area contributed by atoms with Crippen LogP contribution in [0.15, 0.2) is 23.1 Å². The SMILES string of the molecule is O=C(O)CCSc1cc(Cl)ccc1F. The fraction of sp³-hybridized carbons (Fsp3) is 0.222. The van der Waals surface area contributed by atoms with Crippen LogP contribution in [0.5, 0.6) is 0 Å². The molecule has 2 nitrogen and oxygen atoms in total. The van der Waals surface area contributed by atoms with Crippen molar-refractivity contribution in [2.24, 2.45) is 0 Å². The molecular weight excluding hydrogens is 227 g/mol. The Kier molecular flexibility index (Phi) is 4.22. The predicted octanol–water partition coefficient (Wildman–Crippen LogP) is 3.05. The van der Waals surface area contributed by atoms with E-state index < -0.39 is 5.97 Å². The normalized spacial score (nSPS) is 10.1. The van der Waals surface area contributed by atoms with Crippen LogP contribution in [0.4, 0.5) is 4.39 Å². The van der Waals surface area contributed by atoms with E-state index in [0.29, 0.717) is 15.7 Å². The van der Waals surface area contributed by atoms with Crippen molar-refractivity contribution in [3.8, 4) is 0 Å². The van der Waals surface area contributed by atoms with Crippen molar-refractivity contribution in [1.82, 2.24) is 0 Å². The molecule has 1 aromatic carbocycles. The van der Waals surface area contributed by atoms with E-state index in [9.17, 15) is 9.18 Å². The lowest BCUT2D eigenvalue weighted by Crippen LogP contribution is -1.96. The van der Waals surface area contributed by atoms with Gasteiger partial charge in [-0.05, 0) is 18.2 Å². The first-order valence-electron chi connectivity index (χ1n) is 3.89. The number of thioether (sulfide) groups is 1. The molecule has 76 valence electrons. The molecule has 0 fully saturated rings. The number of carboxylic acid groups (broad SMARTS) is 1. The van der Waals surface area contributed by atoms with E-state index in [1.165, 1.54) is 18.2 Å². The third-order valence-electron chi connectivity index (χ3n) is 1.47. The maximum atomic E-state index is 13.1. The summed E-state index contributed by atoms with van der Waals surface area (Å²) in [5, 5.41) is 8.83. The van der Waals surface area contributed by atoms with Crippen LogP contribution in [0.3, 0.4) is 0 Å². The van der Waals surface area contributed by atoms with Crippen LogP contribution < -0.4 is 0 Å². The lowest BCUT2D eigenvalue weighted by atomic mass is 10.3. The molecule has 0 aliphatic carbocycles. The highest BCUT2D eigenvalue weighted by Crippen LogP contribution is 2.25. The summed E-state index contributed by atoms with van der Waals surface area (Å²) in [6.45, 7) is 0. The van der Waals surface area contributed by atoms with E-state index >= 15 is 0 Å². The Bertz CT molecular complexity index is 344. The Morgan fingerprint density at radius 1 is 1.57 bits per heavy atom. The molecule has 0 bridgehead atoms. The van der Waals surface area contributed by atoms with E-state index in [1.54, 1.807) is 0 Å². The van der Waals surface area contributed by atoms with E-state index in [-0.39, 0.29) is 12.2 Å². The number of carboxylic acids is 1. The van der Waals surface area contributed by atoms with Crippen molar-refractivity contribution >= 4 is 29.3 Å². The predicted molar refractivity (Wildman–Crippen MR) is 54.4 cm³/mol. The second kappa shape index (κ2) is 5.22. The molecule has 0 atom stereocenters. The second-order valence-corrected chi connectivity index (χ2v) is 4.14. The summed E-state index contributed by atoms with van der Waals surface area (Å²) in [5.74, 6) is -0.920. The number of hydrogen-bond donors (Lipinski definition) is 1. The average molecular weight is 235 g/mol. The lowest BCUT2D eigenvalue weighted by Gasteiger charge is -2.01. The molecule has 0 amide bonds. The molecule has 0 saturated heterocycles. The summed E-state index contributed by atoms with van der Waals surface area (Å²) >= 11 is 6.81. The van der Waals surface area contributed by atoms with Gasteiger partial charge in [0.25, 0.3) is 0 Å². The summed E-state index contributed by atoms with van der Waals surface area (Å²) in [5.41, 5.74) is 0. The van der Waals surface area contributed by atoms with Gasteiger partial charge in [-0.1, -0.05) is 11.6 Å². The van der Waals surface area contributed by atoms with Crippen molar-refractivity contribution in [2.75, 3.05) is 5.75 Å². The monoisotopic (exact) mass is 234 g/mol.